The minimum absolute atomic E-state index is 0.196. The number of para-hydroxylation sites is 1. The number of H-pyrrole nitrogens is 1. The van der Waals surface area contributed by atoms with Crippen LogP contribution in [0.5, 0.6) is 11.5 Å². The Balaban J connectivity index is 1.38. The summed E-state index contributed by atoms with van der Waals surface area (Å²) < 4.78 is 37.0. The van der Waals surface area contributed by atoms with Crippen molar-refractivity contribution in [1.82, 2.24) is 19.7 Å². The van der Waals surface area contributed by atoms with Crippen LogP contribution in [0.4, 0.5) is 25.1 Å². The first kappa shape index (κ1) is 25.2. The lowest BCUT2D eigenvalue weighted by atomic mass is 9.92. The normalized spacial score (nSPS) is 11.5. The maximum Gasteiger partial charge on any atom is 0.324 e. The van der Waals surface area contributed by atoms with Gasteiger partial charge in [0, 0.05) is 36.0 Å². The van der Waals surface area contributed by atoms with Crippen molar-refractivity contribution in [3.8, 4) is 17.2 Å². The van der Waals surface area contributed by atoms with Crippen molar-refractivity contribution in [2.75, 3.05) is 10.6 Å². The summed E-state index contributed by atoms with van der Waals surface area (Å²) in [5, 5.41) is 10.4. The number of hydrogen-bond donors (Lipinski definition) is 3. The molecular weight excluding hydrogens is 514 g/mol. The number of pyridine rings is 1. The number of ether oxygens (including phenoxy) is 1. The molecule has 11 heteroatoms. The third kappa shape index (κ3) is 5.03. The molecule has 8 nitrogen and oxygen atoms in total. The summed E-state index contributed by atoms with van der Waals surface area (Å²) in [4.78, 5) is 19.8. The smallest absolute Gasteiger partial charge is 0.324 e. The molecule has 0 radical (unpaired) electrons. The van der Waals surface area contributed by atoms with Crippen molar-refractivity contribution in [3.63, 3.8) is 0 Å². The number of nitrogens with zero attached hydrogens (tertiary/aromatic N) is 3. The Morgan fingerprint density at radius 3 is 2.53 bits per heavy atom. The van der Waals surface area contributed by atoms with E-state index in [1.54, 1.807) is 10.7 Å². The molecule has 0 bridgehead atoms. The minimum Gasteiger partial charge on any atom is -0.453 e. The van der Waals surface area contributed by atoms with E-state index in [-0.39, 0.29) is 22.6 Å². The number of aromatic amines is 1. The van der Waals surface area contributed by atoms with Gasteiger partial charge in [0.05, 0.1) is 27.5 Å². The summed E-state index contributed by atoms with van der Waals surface area (Å²) >= 11 is 6.16. The van der Waals surface area contributed by atoms with Gasteiger partial charge in [-0.2, -0.15) is 5.10 Å². The summed E-state index contributed by atoms with van der Waals surface area (Å²) in [5.41, 5.74) is 1.25. The van der Waals surface area contributed by atoms with Crippen molar-refractivity contribution in [3.05, 3.63) is 89.3 Å². The third-order valence-electron chi connectivity index (χ3n) is 5.70. The quantitative estimate of drug-likeness (QED) is 0.218. The van der Waals surface area contributed by atoms with Crippen LogP contribution in [-0.2, 0) is 5.41 Å². The second-order valence-electron chi connectivity index (χ2n) is 9.53. The van der Waals surface area contributed by atoms with Gasteiger partial charge in [-0.3, -0.25) is 5.32 Å². The largest absolute Gasteiger partial charge is 0.453 e. The van der Waals surface area contributed by atoms with E-state index in [0.29, 0.717) is 21.9 Å². The molecule has 2 aromatic carbocycles. The molecule has 5 aromatic rings. The number of rotatable bonds is 5. The Labute approximate surface area is 221 Å². The molecule has 38 heavy (non-hydrogen) atoms. The van der Waals surface area contributed by atoms with E-state index in [0.717, 1.165) is 23.5 Å². The molecule has 3 N–H and O–H groups in total. The average molecular weight is 537 g/mol. The fraction of sp³-hybridized carbons (Fsp3) is 0.148. The molecule has 3 aromatic heterocycles. The second-order valence-corrected chi connectivity index (χ2v) is 9.93. The predicted molar refractivity (Wildman–Crippen MR) is 142 cm³/mol. The van der Waals surface area contributed by atoms with Crippen molar-refractivity contribution in [2.24, 2.45) is 0 Å². The van der Waals surface area contributed by atoms with Crippen LogP contribution in [0.3, 0.4) is 0 Å². The SMILES string of the molecule is CC(C)(C)c1cc(NC(=O)Nc2cc(F)c(Oc3ccnc4[nH]cc(Cl)c34)cc2F)n(-c2ccccc2)n1. The van der Waals surface area contributed by atoms with Gasteiger partial charge in [0.2, 0.25) is 0 Å². The molecule has 0 aliphatic rings. The average Bonchev–Trinajstić information content (AvgIpc) is 3.47. The second kappa shape index (κ2) is 9.79. The molecule has 0 saturated carbocycles. The highest BCUT2D eigenvalue weighted by Crippen LogP contribution is 2.36. The maximum absolute atomic E-state index is 14.9. The summed E-state index contributed by atoms with van der Waals surface area (Å²) in [6.07, 6.45) is 2.97. The zero-order valence-corrected chi connectivity index (χ0v) is 21.4. The molecule has 0 unspecified atom stereocenters. The molecule has 0 atom stereocenters. The number of urea groups is 1. The molecule has 0 fully saturated rings. The number of fused-ring (bicyclic) bond motifs is 1. The minimum atomic E-state index is -0.894. The van der Waals surface area contributed by atoms with E-state index in [1.807, 2.05) is 51.1 Å². The van der Waals surface area contributed by atoms with Crippen molar-refractivity contribution >= 4 is 40.2 Å². The molecule has 194 valence electrons. The first-order valence-electron chi connectivity index (χ1n) is 11.6. The zero-order chi connectivity index (χ0) is 27.0. The van der Waals surface area contributed by atoms with Gasteiger partial charge in [-0.15, -0.1) is 0 Å². The van der Waals surface area contributed by atoms with Gasteiger partial charge in [-0.05, 0) is 18.2 Å². The first-order valence-corrected chi connectivity index (χ1v) is 12.0. The van der Waals surface area contributed by atoms with Crippen LogP contribution in [-0.4, -0.2) is 25.8 Å². The van der Waals surface area contributed by atoms with Crippen LogP contribution in [0.2, 0.25) is 5.02 Å². The van der Waals surface area contributed by atoms with E-state index >= 15 is 0 Å². The Morgan fingerprint density at radius 1 is 1.03 bits per heavy atom. The lowest BCUT2D eigenvalue weighted by Gasteiger charge is -2.14. The fourth-order valence-electron chi connectivity index (χ4n) is 3.77. The van der Waals surface area contributed by atoms with Crippen LogP contribution in [0, 0.1) is 11.6 Å². The summed E-state index contributed by atoms with van der Waals surface area (Å²) in [6, 6.07) is 13.4. The molecule has 0 spiro atoms. The number of anilines is 2. The molecular formula is C27H23ClF2N6O2. The molecule has 0 saturated heterocycles. The summed E-state index contributed by atoms with van der Waals surface area (Å²) in [7, 11) is 0. The van der Waals surface area contributed by atoms with E-state index in [1.165, 1.54) is 18.5 Å². The third-order valence-corrected chi connectivity index (χ3v) is 6.00. The van der Waals surface area contributed by atoms with Crippen molar-refractivity contribution in [1.29, 1.82) is 0 Å². The van der Waals surface area contributed by atoms with Gasteiger partial charge in [-0.1, -0.05) is 50.6 Å². The number of benzene rings is 2. The van der Waals surface area contributed by atoms with E-state index in [9.17, 15) is 13.6 Å². The van der Waals surface area contributed by atoms with Gasteiger partial charge in [0.15, 0.2) is 17.4 Å². The fourth-order valence-corrected chi connectivity index (χ4v) is 4.00. The lowest BCUT2D eigenvalue weighted by molar-refractivity contribution is 0.262. The zero-order valence-electron chi connectivity index (χ0n) is 20.6. The maximum atomic E-state index is 14.9. The van der Waals surface area contributed by atoms with Crippen LogP contribution in [0.1, 0.15) is 26.5 Å². The van der Waals surface area contributed by atoms with Crippen molar-refractivity contribution < 1.29 is 18.3 Å². The highest BCUT2D eigenvalue weighted by Gasteiger charge is 2.22. The monoisotopic (exact) mass is 536 g/mol. The Bertz CT molecular complexity index is 1640. The van der Waals surface area contributed by atoms with Crippen LogP contribution < -0.4 is 15.4 Å². The van der Waals surface area contributed by atoms with E-state index in [2.05, 4.69) is 25.7 Å². The number of hydrogen-bond acceptors (Lipinski definition) is 4. The number of halogens is 3. The Morgan fingerprint density at radius 2 is 1.79 bits per heavy atom. The number of amides is 2. The molecule has 5 rings (SSSR count). The molecule has 2 amide bonds. The molecule has 0 aliphatic carbocycles. The number of nitrogens with one attached hydrogen (secondary N) is 3. The number of aromatic nitrogens is 4. The topological polar surface area (TPSA) is 96.9 Å². The standard InChI is InChI=1S/C27H23ClF2N6O2/c1-27(2,3)22-13-23(36(35-22)15-7-5-4-6-8-15)34-26(37)33-19-11-18(30)21(12-17(19)29)38-20-9-10-31-25-24(20)16(28)14-32-25/h4-14H,1-3H3,(H,31,32)(H2,33,34,37). The van der Waals surface area contributed by atoms with Gasteiger partial charge in [0.25, 0.3) is 0 Å². The number of carbonyl (C=O) groups is 1. The molecule has 0 aliphatic heterocycles. The lowest BCUT2D eigenvalue weighted by Crippen LogP contribution is -2.22. The van der Waals surface area contributed by atoms with E-state index < -0.39 is 17.7 Å². The van der Waals surface area contributed by atoms with Crippen LogP contribution in [0.15, 0.2) is 67.0 Å². The highest BCUT2D eigenvalue weighted by atomic mass is 35.5. The van der Waals surface area contributed by atoms with Crippen LogP contribution >= 0.6 is 11.6 Å². The van der Waals surface area contributed by atoms with E-state index in [4.69, 9.17) is 16.3 Å². The van der Waals surface area contributed by atoms with Gasteiger partial charge < -0.3 is 15.0 Å². The van der Waals surface area contributed by atoms with Gasteiger partial charge in [0.1, 0.15) is 17.2 Å². The summed E-state index contributed by atoms with van der Waals surface area (Å²) in [6.45, 7) is 5.99. The van der Waals surface area contributed by atoms with Gasteiger partial charge >= 0.3 is 6.03 Å². The van der Waals surface area contributed by atoms with Crippen LogP contribution in [0.25, 0.3) is 16.7 Å². The number of carbonyl (C=O) groups excluding carboxylic acids is 1. The highest BCUT2D eigenvalue weighted by molar-refractivity contribution is 6.36. The van der Waals surface area contributed by atoms with Crippen molar-refractivity contribution in [2.45, 2.75) is 26.2 Å². The summed E-state index contributed by atoms with van der Waals surface area (Å²) in [5.74, 6) is -1.60. The Hall–Kier alpha value is -4.44. The molecule has 3 heterocycles. The first-order chi connectivity index (χ1) is 18.1. The van der Waals surface area contributed by atoms with Gasteiger partial charge in [-0.25, -0.2) is 23.2 Å². The predicted octanol–water partition coefficient (Wildman–Crippen LogP) is 7.41. The Kier molecular flexibility index (Phi) is 6.50.